The third-order valence-corrected chi connectivity index (χ3v) is 3.31. The zero-order chi connectivity index (χ0) is 16.1. The highest BCUT2D eigenvalue weighted by atomic mass is 16.5. The number of amides is 1. The SMILES string of the molecule is C[C@@H](Oc1ccccc1C#N)C(=O)N1CCO[C@@H](C(=O)O)C1. The van der Waals surface area contributed by atoms with E-state index in [0.29, 0.717) is 17.9 Å². The molecule has 0 spiro atoms. The van der Waals surface area contributed by atoms with Crippen molar-refractivity contribution in [1.29, 1.82) is 5.26 Å². The third-order valence-electron chi connectivity index (χ3n) is 3.31. The molecule has 0 aliphatic carbocycles. The van der Waals surface area contributed by atoms with Gasteiger partial charge in [-0.25, -0.2) is 4.79 Å². The molecule has 22 heavy (non-hydrogen) atoms. The van der Waals surface area contributed by atoms with E-state index >= 15 is 0 Å². The molecule has 1 aliphatic heterocycles. The molecular formula is C15H16N2O5. The van der Waals surface area contributed by atoms with Crippen molar-refractivity contribution >= 4 is 11.9 Å². The van der Waals surface area contributed by atoms with Gasteiger partial charge >= 0.3 is 5.97 Å². The molecule has 7 nitrogen and oxygen atoms in total. The number of ether oxygens (including phenoxy) is 2. The number of carboxylic acids is 1. The molecule has 1 heterocycles. The van der Waals surface area contributed by atoms with Crippen molar-refractivity contribution < 1.29 is 24.2 Å². The lowest BCUT2D eigenvalue weighted by atomic mass is 10.2. The Morgan fingerprint density at radius 3 is 2.91 bits per heavy atom. The number of rotatable bonds is 4. The first-order valence-corrected chi connectivity index (χ1v) is 6.82. The summed E-state index contributed by atoms with van der Waals surface area (Å²) in [6, 6.07) is 8.62. The summed E-state index contributed by atoms with van der Waals surface area (Å²) in [6.45, 7) is 2.05. The fourth-order valence-corrected chi connectivity index (χ4v) is 2.16. The van der Waals surface area contributed by atoms with E-state index in [-0.39, 0.29) is 19.1 Å². The fourth-order valence-electron chi connectivity index (χ4n) is 2.16. The number of nitrogens with zero attached hydrogens (tertiary/aromatic N) is 2. The maximum absolute atomic E-state index is 12.3. The van der Waals surface area contributed by atoms with Crippen LogP contribution >= 0.6 is 0 Å². The molecule has 2 atom stereocenters. The second-order valence-electron chi connectivity index (χ2n) is 4.85. The number of carbonyl (C=O) groups excluding carboxylic acids is 1. The number of morpholine rings is 1. The summed E-state index contributed by atoms with van der Waals surface area (Å²) in [5.74, 6) is -1.10. The summed E-state index contributed by atoms with van der Waals surface area (Å²) in [7, 11) is 0. The first-order chi connectivity index (χ1) is 10.5. The van der Waals surface area contributed by atoms with E-state index in [9.17, 15) is 9.59 Å². The molecule has 7 heteroatoms. The van der Waals surface area contributed by atoms with E-state index in [2.05, 4.69) is 0 Å². The number of nitriles is 1. The predicted molar refractivity (Wildman–Crippen MR) is 75.2 cm³/mol. The van der Waals surface area contributed by atoms with Crippen LogP contribution in [0.25, 0.3) is 0 Å². The largest absolute Gasteiger partial charge is 0.480 e. The molecule has 1 aromatic rings. The van der Waals surface area contributed by atoms with E-state index in [0.717, 1.165) is 0 Å². The lowest BCUT2D eigenvalue weighted by Gasteiger charge is -2.32. The Labute approximate surface area is 127 Å². The second-order valence-corrected chi connectivity index (χ2v) is 4.85. The van der Waals surface area contributed by atoms with Crippen LogP contribution in [0.2, 0.25) is 0 Å². The monoisotopic (exact) mass is 304 g/mol. The van der Waals surface area contributed by atoms with E-state index in [1.165, 1.54) is 4.90 Å². The molecular weight excluding hydrogens is 288 g/mol. The third kappa shape index (κ3) is 3.54. The highest BCUT2D eigenvalue weighted by molar-refractivity contribution is 5.82. The van der Waals surface area contributed by atoms with Crippen molar-refractivity contribution in [3.63, 3.8) is 0 Å². The van der Waals surface area contributed by atoms with Gasteiger partial charge in [-0.15, -0.1) is 0 Å². The lowest BCUT2D eigenvalue weighted by Crippen LogP contribution is -2.51. The average Bonchev–Trinajstić information content (AvgIpc) is 2.54. The van der Waals surface area contributed by atoms with Gasteiger partial charge in [0.2, 0.25) is 0 Å². The van der Waals surface area contributed by atoms with Crippen LogP contribution in [0.1, 0.15) is 12.5 Å². The smallest absolute Gasteiger partial charge is 0.334 e. The maximum atomic E-state index is 12.3. The van der Waals surface area contributed by atoms with Gasteiger partial charge in [-0.3, -0.25) is 4.79 Å². The van der Waals surface area contributed by atoms with E-state index < -0.39 is 18.2 Å². The second kappa shape index (κ2) is 6.91. The molecule has 0 bridgehead atoms. The van der Waals surface area contributed by atoms with Crippen molar-refractivity contribution in [1.82, 2.24) is 4.90 Å². The Morgan fingerprint density at radius 2 is 2.23 bits per heavy atom. The van der Waals surface area contributed by atoms with Crippen LogP contribution in [0, 0.1) is 11.3 Å². The van der Waals surface area contributed by atoms with Crippen LogP contribution in [0.3, 0.4) is 0 Å². The van der Waals surface area contributed by atoms with E-state index in [4.69, 9.17) is 19.8 Å². The molecule has 1 N–H and O–H groups in total. The molecule has 1 amide bonds. The van der Waals surface area contributed by atoms with Gasteiger partial charge < -0.3 is 19.5 Å². The molecule has 0 radical (unpaired) electrons. The van der Waals surface area contributed by atoms with Gasteiger partial charge in [0.05, 0.1) is 18.7 Å². The van der Waals surface area contributed by atoms with Crippen LogP contribution in [-0.4, -0.2) is 53.8 Å². The van der Waals surface area contributed by atoms with Gasteiger partial charge in [-0.2, -0.15) is 5.26 Å². The van der Waals surface area contributed by atoms with Gasteiger partial charge in [0.1, 0.15) is 11.8 Å². The van der Waals surface area contributed by atoms with Crippen molar-refractivity contribution in [3.05, 3.63) is 29.8 Å². The number of hydrogen-bond donors (Lipinski definition) is 1. The summed E-state index contributed by atoms with van der Waals surface area (Å²) in [5, 5.41) is 18.0. The molecule has 0 aromatic heterocycles. The number of para-hydroxylation sites is 1. The first-order valence-electron chi connectivity index (χ1n) is 6.82. The number of benzene rings is 1. The number of hydrogen-bond acceptors (Lipinski definition) is 5. The quantitative estimate of drug-likeness (QED) is 0.876. The van der Waals surface area contributed by atoms with Crippen molar-refractivity contribution in [2.75, 3.05) is 19.7 Å². The molecule has 0 unspecified atom stereocenters. The predicted octanol–water partition coefficient (Wildman–Crippen LogP) is 0.638. The van der Waals surface area contributed by atoms with Crippen LogP contribution in [0.15, 0.2) is 24.3 Å². The normalized spacial score (nSPS) is 19.1. The van der Waals surface area contributed by atoms with Gasteiger partial charge in [0.25, 0.3) is 5.91 Å². The average molecular weight is 304 g/mol. The zero-order valence-electron chi connectivity index (χ0n) is 12.1. The summed E-state index contributed by atoms with van der Waals surface area (Å²) in [4.78, 5) is 24.7. The first kappa shape index (κ1) is 15.8. The van der Waals surface area contributed by atoms with Crippen LogP contribution in [-0.2, 0) is 14.3 Å². The lowest BCUT2D eigenvalue weighted by molar-refractivity contribution is -0.161. The summed E-state index contributed by atoms with van der Waals surface area (Å²) in [5.41, 5.74) is 0.340. The number of carbonyl (C=O) groups is 2. The van der Waals surface area contributed by atoms with Gasteiger partial charge in [0, 0.05) is 6.54 Å². The van der Waals surface area contributed by atoms with Gasteiger partial charge in [-0.1, -0.05) is 12.1 Å². The summed E-state index contributed by atoms with van der Waals surface area (Å²) in [6.07, 6.45) is -1.83. The molecule has 1 aromatic carbocycles. The highest BCUT2D eigenvalue weighted by Crippen LogP contribution is 2.19. The Hall–Kier alpha value is -2.59. The topological polar surface area (TPSA) is 99.9 Å². The standard InChI is InChI=1S/C15H16N2O5/c1-10(22-12-5-3-2-4-11(12)8-16)14(18)17-6-7-21-13(9-17)15(19)20/h2-5,10,13H,6-7,9H2,1H3,(H,19,20)/t10-,13-/m1/s1. The molecule has 1 saturated heterocycles. The van der Waals surface area contributed by atoms with Crippen LogP contribution < -0.4 is 4.74 Å². The highest BCUT2D eigenvalue weighted by Gasteiger charge is 2.31. The Balaban J connectivity index is 2.03. The summed E-state index contributed by atoms with van der Waals surface area (Å²) >= 11 is 0. The Morgan fingerprint density at radius 1 is 1.50 bits per heavy atom. The minimum absolute atomic E-state index is 0.0121. The van der Waals surface area contributed by atoms with Crippen LogP contribution in [0.5, 0.6) is 5.75 Å². The molecule has 116 valence electrons. The van der Waals surface area contributed by atoms with E-state index in [1.54, 1.807) is 31.2 Å². The number of aliphatic carboxylic acids is 1. The van der Waals surface area contributed by atoms with Gasteiger partial charge in [-0.05, 0) is 19.1 Å². The molecule has 0 saturated carbocycles. The van der Waals surface area contributed by atoms with Crippen molar-refractivity contribution in [2.45, 2.75) is 19.1 Å². The van der Waals surface area contributed by atoms with Crippen LogP contribution in [0.4, 0.5) is 0 Å². The van der Waals surface area contributed by atoms with E-state index in [1.807, 2.05) is 6.07 Å². The fraction of sp³-hybridized carbons (Fsp3) is 0.400. The molecule has 1 fully saturated rings. The zero-order valence-corrected chi connectivity index (χ0v) is 12.1. The molecule has 2 rings (SSSR count). The Bertz CT molecular complexity index is 610. The van der Waals surface area contributed by atoms with Crippen molar-refractivity contribution in [2.24, 2.45) is 0 Å². The van der Waals surface area contributed by atoms with Gasteiger partial charge in [0.15, 0.2) is 12.2 Å². The van der Waals surface area contributed by atoms with Crippen molar-refractivity contribution in [3.8, 4) is 11.8 Å². The minimum atomic E-state index is -1.10. The molecule has 1 aliphatic rings. The number of carboxylic acid groups (broad SMARTS) is 1. The minimum Gasteiger partial charge on any atom is -0.480 e. The Kier molecular flexibility index (Phi) is 4.96. The maximum Gasteiger partial charge on any atom is 0.334 e. The summed E-state index contributed by atoms with van der Waals surface area (Å²) < 4.78 is 10.6.